The lowest BCUT2D eigenvalue weighted by atomic mass is 10.3. The van der Waals surface area contributed by atoms with Crippen LogP contribution in [0.3, 0.4) is 0 Å². The number of fused-ring (bicyclic) bond motifs is 1. The van der Waals surface area contributed by atoms with Gasteiger partial charge in [0.2, 0.25) is 0 Å². The Kier molecular flexibility index (Phi) is 3.04. The summed E-state index contributed by atoms with van der Waals surface area (Å²) < 4.78 is 7.72. The van der Waals surface area contributed by atoms with Crippen LogP contribution in [0.1, 0.15) is 6.92 Å². The molecular formula is C10H9BrOS2. The molecule has 2 aromatic rings. The van der Waals surface area contributed by atoms with Gasteiger partial charge < -0.3 is 4.74 Å². The maximum Gasteiger partial charge on any atom is 0.174 e. The third-order valence-corrected chi connectivity index (χ3v) is 4.42. The summed E-state index contributed by atoms with van der Waals surface area (Å²) >= 11 is 9.53. The molecule has 0 atom stereocenters. The van der Waals surface area contributed by atoms with Crippen molar-refractivity contribution in [2.24, 2.45) is 0 Å². The van der Waals surface area contributed by atoms with Crippen molar-refractivity contribution in [1.82, 2.24) is 0 Å². The lowest BCUT2D eigenvalue weighted by Gasteiger charge is -1.96. The highest BCUT2D eigenvalue weighted by Crippen LogP contribution is 2.38. The van der Waals surface area contributed by atoms with Gasteiger partial charge in [0.05, 0.1) is 6.61 Å². The van der Waals surface area contributed by atoms with E-state index in [-0.39, 0.29) is 0 Å². The van der Waals surface area contributed by atoms with Crippen LogP contribution in [0.4, 0.5) is 0 Å². The molecule has 2 rings (SSSR count). The second-order valence-corrected chi connectivity index (χ2v) is 5.13. The molecule has 1 nitrogen and oxygen atoms in total. The molecule has 0 fully saturated rings. The summed E-state index contributed by atoms with van der Waals surface area (Å²) in [6.45, 7) is 2.70. The van der Waals surface area contributed by atoms with E-state index in [4.69, 9.17) is 4.74 Å². The van der Waals surface area contributed by atoms with E-state index in [0.717, 1.165) is 14.4 Å². The summed E-state index contributed by atoms with van der Waals surface area (Å²) in [4.78, 5) is 0.957. The van der Waals surface area contributed by atoms with Crippen molar-refractivity contribution in [3.63, 3.8) is 0 Å². The van der Waals surface area contributed by atoms with Gasteiger partial charge in [0.25, 0.3) is 0 Å². The van der Waals surface area contributed by atoms with E-state index in [1.807, 2.05) is 19.1 Å². The van der Waals surface area contributed by atoms with Gasteiger partial charge in [0, 0.05) is 25.5 Å². The predicted octanol–water partition coefficient (Wildman–Crippen LogP) is 4.35. The minimum Gasteiger partial charge on any atom is -0.484 e. The van der Waals surface area contributed by atoms with Gasteiger partial charge in [-0.15, -0.1) is 12.6 Å². The second kappa shape index (κ2) is 4.13. The Hall–Kier alpha value is -0.190. The molecular weight excluding hydrogens is 280 g/mol. The number of hydrogen-bond donors (Lipinski definition) is 1. The number of rotatable bonds is 2. The molecule has 14 heavy (non-hydrogen) atoms. The number of benzene rings is 1. The minimum atomic E-state index is 0.707. The van der Waals surface area contributed by atoms with E-state index in [1.54, 1.807) is 11.3 Å². The quantitative estimate of drug-likeness (QED) is 0.809. The first-order chi connectivity index (χ1) is 6.72. The average Bonchev–Trinajstić information content (AvgIpc) is 2.56. The standard InChI is InChI=1S/C10H9BrOS2/c1-2-12-9-5-6-8(14-9)4-3-7(13)10(6)11/h3-5,13H,2H2,1H3. The number of hydrogen-bond acceptors (Lipinski definition) is 3. The molecule has 74 valence electrons. The van der Waals surface area contributed by atoms with Crippen LogP contribution in [0.15, 0.2) is 27.6 Å². The minimum absolute atomic E-state index is 0.707. The molecule has 0 radical (unpaired) electrons. The number of halogens is 1. The van der Waals surface area contributed by atoms with Crippen molar-refractivity contribution < 1.29 is 4.74 Å². The van der Waals surface area contributed by atoms with Crippen LogP contribution in [0.25, 0.3) is 10.1 Å². The average molecular weight is 289 g/mol. The molecule has 0 amide bonds. The Morgan fingerprint density at radius 1 is 1.50 bits per heavy atom. The van der Waals surface area contributed by atoms with Gasteiger partial charge in [0.15, 0.2) is 5.06 Å². The van der Waals surface area contributed by atoms with E-state index in [2.05, 4.69) is 34.6 Å². The highest BCUT2D eigenvalue weighted by atomic mass is 79.9. The molecule has 1 aromatic heterocycles. The molecule has 0 aliphatic heterocycles. The molecule has 4 heteroatoms. The first-order valence-corrected chi connectivity index (χ1v) is 6.32. The van der Waals surface area contributed by atoms with E-state index in [0.29, 0.717) is 6.61 Å². The van der Waals surface area contributed by atoms with Gasteiger partial charge in [-0.2, -0.15) is 0 Å². The fourth-order valence-corrected chi connectivity index (χ4v) is 3.02. The molecule has 0 saturated heterocycles. The van der Waals surface area contributed by atoms with Crippen LogP contribution < -0.4 is 4.74 Å². The maximum atomic E-state index is 5.46. The topological polar surface area (TPSA) is 9.23 Å². The Labute approximate surface area is 101 Å². The first kappa shape index (κ1) is 10.3. The Bertz CT molecular complexity index is 464. The third-order valence-electron chi connectivity index (χ3n) is 1.88. The Morgan fingerprint density at radius 2 is 2.29 bits per heavy atom. The van der Waals surface area contributed by atoms with E-state index in [9.17, 15) is 0 Å². The highest BCUT2D eigenvalue weighted by molar-refractivity contribution is 9.10. The first-order valence-electron chi connectivity index (χ1n) is 4.26. The third kappa shape index (κ3) is 1.78. The molecule has 1 aromatic carbocycles. The molecule has 1 heterocycles. The fraction of sp³-hybridized carbons (Fsp3) is 0.200. The zero-order valence-corrected chi connectivity index (χ0v) is 10.9. The van der Waals surface area contributed by atoms with Crippen molar-refractivity contribution in [1.29, 1.82) is 0 Å². The molecule has 0 aliphatic rings. The van der Waals surface area contributed by atoms with Crippen molar-refractivity contribution in [2.75, 3.05) is 6.61 Å². The summed E-state index contributed by atoms with van der Waals surface area (Å²) in [6, 6.07) is 6.10. The fourth-order valence-electron chi connectivity index (χ4n) is 1.26. The normalized spacial score (nSPS) is 10.8. The van der Waals surface area contributed by atoms with Crippen molar-refractivity contribution in [3.8, 4) is 5.06 Å². The summed E-state index contributed by atoms with van der Waals surface area (Å²) in [5.41, 5.74) is 0. The van der Waals surface area contributed by atoms with Crippen molar-refractivity contribution in [3.05, 3.63) is 22.7 Å². The molecule has 0 aliphatic carbocycles. The summed E-state index contributed by atoms with van der Waals surface area (Å²) in [5, 5.41) is 2.13. The van der Waals surface area contributed by atoms with E-state index < -0.39 is 0 Å². The van der Waals surface area contributed by atoms with Crippen LogP contribution in [-0.4, -0.2) is 6.61 Å². The highest BCUT2D eigenvalue weighted by Gasteiger charge is 2.07. The summed E-state index contributed by atoms with van der Waals surface area (Å²) in [5.74, 6) is 0. The van der Waals surface area contributed by atoms with E-state index >= 15 is 0 Å². The SMILES string of the molecule is CCOc1cc2c(Br)c(S)ccc2s1. The monoisotopic (exact) mass is 288 g/mol. The lowest BCUT2D eigenvalue weighted by molar-refractivity contribution is 0.350. The number of ether oxygens (including phenoxy) is 1. The van der Waals surface area contributed by atoms with E-state index in [1.165, 1.54) is 10.1 Å². The van der Waals surface area contributed by atoms with Crippen molar-refractivity contribution >= 4 is 50.0 Å². The van der Waals surface area contributed by atoms with Gasteiger partial charge in [-0.05, 0) is 35.0 Å². The van der Waals surface area contributed by atoms with Gasteiger partial charge in [-0.1, -0.05) is 11.3 Å². The van der Waals surface area contributed by atoms with Crippen LogP contribution in [-0.2, 0) is 0 Å². The molecule has 0 spiro atoms. The molecule has 0 N–H and O–H groups in total. The van der Waals surface area contributed by atoms with Crippen LogP contribution in [0.2, 0.25) is 0 Å². The maximum absolute atomic E-state index is 5.46. The molecule has 0 bridgehead atoms. The van der Waals surface area contributed by atoms with Crippen molar-refractivity contribution in [2.45, 2.75) is 11.8 Å². The van der Waals surface area contributed by atoms with Crippen LogP contribution in [0, 0.1) is 0 Å². The van der Waals surface area contributed by atoms with Gasteiger partial charge >= 0.3 is 0 Å². The summed E-state index contributed by atoms with van der Waals surface area (Å²) in [6.07, 6.45) is 0. The van der Waals surface area contributed by atoms with Gasteiger partial charge in [-0.3, -0.25) is 0 Å². The second-order valence-electron chi connectivity index (χ2n) is 2.81. The van der Waals surface area contributed by atoms with Crippen LogP contribution >= 0.6 is 39.9 Å². The lowest BCUT2D eigenvalue weighted by Crippen LogP contribution is -1.86. The number of thiophene rings is 1. The predicted molar refractivity (Wildman–Crippen MR) is 67.9 cm³/mol. The smallest absolute Gasteiger partial charge is 0.174 e. The van der Waals surface area contributed by atoms with Gasteiger partial charge in [-0.25, -0.2) is 0 Å². The molecule has 0 unspecified atom stereocenters. The zero-order valence-electron chi connectivity index (χ0n) is 7.58. The Balaban J connectivity index is 2.59. The Morgan fingerprint density at radius 3 is 3.00 bits per heavy atom. The van der Waals surface area contributed by atoms with Gasteiger partial charge in [0.1, 0.15) is 0 Å². The number of thiol groups is 1. The zero-order chi connectivity index (χ0) is 10.1. The molecule has 0 saturated carbocycles. The largest absolute Gasteiger partial charge is 0.484 e. The summed E-state index contributed by atoms with van der Waals surface area (Å²) in [7, 11) is 0. The van der Waals surface area contributed by atoms with Crippen LogP contribution in [0.5, 0.6) is 5.06 Å².